The van der Waals surface area contributed by atoms with Crippen LogP contribution in [0.1, 0.15) is 36.8 Å². The third-order valence-electron chi connectivity index (χ3n) is 3.65. The third-order valence-corrected chi connectivity index (χ3v) is 3.65. The van der Waals surface area contributed by atoms with Crippen molar-refractivity contribution in [3.63, 3.8) is 0 Å². The highest BCUT2D eigenvalue weighted by molar-refractivity contribution is 5.74. The molecular weight excluding hydrogens is 270 g/mol. The van der Waals surface area contributed by atoms with Crippen LogP contribution in [0.15, 0.2) is 60.7 Å². The molecule has 0 fully saturated rings. The lowest BCUT2D eigenvalue weighted by molar-refractivity contribution is 0.414. The summed E-state index contributed by atoms with van der Waals surface area (Å²) in [5.74, 6) is 0.541. The minimum absolute atomic E-state index is 0.264. The molecule has 1 atom stereocenters. The SMILES string of the molecule is CCC/C=C(\c1ccccc1)C(C#N)c1ccc(OC)cc1. The molecule has 0 aromatic heterocycles. The van der Waals surface area contributed by atoms with Crippen molar-refractivity contribution in [1.82, 2.24) is 0 Å². The van der Waals surface area contributed by atoms with Crippen molar-refractivity contribution in [3.8, 4) is 11.8 Å². The Morgan fingerprint density at radius 2 is 1.82 bits per heavy atom. The molecular formula is C20H21NO. The second-order valence-electron chi connectivity index (χ2n) is 5.15. The van der Waals surface area contributed by atoms with E-state index in [2.05, 4.69) is 31.2 Å². The van der Waals surface area contributed by atoms with E-state index in [0.717, 1.165) is 35.3 Å². The Bertz CT molecular complexity index is 650. The van der Waals surface area contributed by atoms with E-state index < -0.39 is 0 Å². The Morgan fingerprint density at radius 1 is 1.14 bits per heavy atom. The molecule has 2 aromatic carbocycles. The normalized spacial score (nSPS) is 12.5. The van der Waals surface area contributed by atoms with Crippen molar-refractivity contribution in [2.45, 2.75) is 25.7 Å². The molecule has 112 valence electrons. The van der Waals surface area contributed by atoms with Crippen molar-refractivity contribution in [1.29, 1.82) is 5.26 Å². The maximum atomic E-state index is 9.71. The summed E-state index contributed by atoms with van der Waals surface area (Å²) in [6.45, 7) is 2.15. The molecule has 22 heavy (non-hydrogen) atoms. The van der Waals surface area contributed by atoms with Gasteiger partial charge in [-0.25, -0.2) is 0 Å². The number of benzene rings is 2. The summed E-state index contributed by atoms with van der Waals surface area (Å²) in [5, 5.41) is 9.71. The molecule has 0 aliphatic carbocycles. The highest BCUT2D eigenvalue weighted by atomic mass is 16.5. The molecule has 0 aliphatic heterocycles. The van der Waals surface area contributed by atoms with E-state index in [1.807, 2.05) is 42.5 Å². The van der Waals surface area contributed by atoms with E-state index in [9.17, 15) is 5.26 Å². The average Bonchev–Trinajstić information content (AvgIpc) is 2.59. The van der Waals surface area contributed by atoms with Crippen LogP contribution in [-0.4, -0.2) is 7.11 Å². The van der Waals surface area contributed by atoms with Crippen LogP contribution < -0.4 is 4.74 Å². The molecule has 0 saturated heterocycles. The lowest BCUT2D eigenvalue weighted by Crippen LogP contribution is -2.00. The van der Waals surface area contributed by atoms with Gasteiger partial charge in [-0.15, -0.1) is 0 Å². The number of methoxy groups -OCH3 is 1. The summed E-state index contributed by atoms with van der Waals surface area (Å²) in [6, 6.07) is 20.3. The molecule has 0 heterocycles. The summed E-state index contributed by atoms with van der Waals surface area (Å²) in [5.41, 5.74) is 3.18. The molecule has 0 amide bonds. The van der Waals surface area contributed by atoms with E-state index >= 15 is 0 Å². The topological polar surface area (TPSA) is 33.0 Å². The molecule has 0 saturated carbocycles. The minimum Gasteiger partial charge on any atom is -0.497 e. The van der Waals surface area contributed by atoms with Gasteiger partial charge in [-0.2, -0.15) is 5.26 Å². The molecule has 2 nitrogen and oxygen atoms in total. The summed E-state index contributed by atoms with van der Waals surface area (Å²) >= 11 is 0. The molecule has 0 radical (unpaired) electrons. The Kier molecular flexibility index (Phi) is 5.80. The number of hydrogen-bond acceptors (Lipinski definition) is 2. The zero-order valence-electron chi connectivity index (χ0n) is 13.1. The Hall–Kier alpha value is -2.53. The van der Waals surface area contributed by atoms with Crippen LogP contribution in [0.5, 0.6) is 5.75 Å². The molecule has 1 unspecified atom stereocenters. The number of nitrogens with zero attached hydrogens (tertiary/aromatic N) is 1. The molecule has 2 rings (SSSR count). The van der Waals surface area contributed by atoms with Crippen molar-refractivity contribution >= 4 is 5.57 Å². The average molecular weight is 291 g/mol. The predicted octanol–water partition coefficient (Wildman–Crippen LogP) is 5.19. The van der Waals surface area contributed by atoms with Gasteiger partial charge < -0.3 is 4.74 Å². The van der Waals surface area contributed by atoms with Gasteiger partial charge >= 0.3 is 0 Å². The van der Waals surface area contributed by atoms with Crippen molar-refractivity contribution in [3.05, 3.63) is 71.8 Å². The van der Waals surface area contributed by atoms with Crippen LogP contribution in [0.25, 0.3) is 5.57 Å². The Morgan fingerprint density at radius 3 is 2.36 bits per heavy atom. The first-order valence-corrected chi connectivity index (χ1v) is 7.59. The Balaban J connectivity index is 2.41. The van der Waals surface area contributed by atoms with E-state index in [0.29, 0.717) is 0 Å². The van der Waals surface area contributed by atoms with Gasteiger partial charge in [0.15, 0.2) is 0 Å². The van der Waals surface area contributed by atoms with E-state index in [-0.39, 0.29) is 5.92 Å². The number of hydrogen-bond donors (Lipinski definition) is 0. The Labute approximate surface area is 132 Å². The fraction of sp³-hybridized carbons (Fsp3) is 0.250. The van der Waals surface area contributed by atoms with Gasteiger partial charge in [0.25, 0.3) is 0 Å². The van der Waals surface area contributed by atoms with E-state index in [1.165, 1.54) is 0 Å². The van der Waals surface area contributed by atoms with Gasteiger partial charge in [-0.05, 0) is 35.3 Å². The van der Waals surface area contributed by atoms with Crippen LogP contribution in [0.3, 0.4) is 0 Å². The van der Waals surface area contributed by atoms with Crippen LogP contribution >= 0.6 is 0 Å². The number of unbranched alkanes of at least 4 members (excludes halogenated alkanes) is 1. The lowest BCUT2D eigenvalue weighted by atomic mass is 9.87. The smallest absolute Gasteiger partial charge is 0.118 e. The molecule has 0 aliphatic rings. The predicted molar refractivity (Wildman–Crippen MR) is 90.7 cm³/mol. The number of nitriles is 1. The number of allylic oxidation sites excluding steroid dienone is 2. The number of ether oxygens (including phenoxy) is 1. The zero-order valence-corrected chi connectivity index (χ0v) is 13.1. The van der Waals surface area contributed by atoms with Crippen molar-refractivity contribution < 1.29 is 4.74 Å². The number of rotatable bonds is 6. The van der Waals surface area contributed by atoms with Crippen LogP contribution in [-0.2, 0) is 0 Å². The first kappa shape index (κ1) is 15.9. The molecule has 0 spiro atoms. The zero-order chi connectivity index (χ0) is 15.8. The molecule has 0 N–H and O–H groups in total. The summed E-state index contributed by atoms with van der Waals surface area (Å²) in [7, 11) is 1.65. The quantitative estimate of drug-likeness (QED) is 0.734. The van der Waals surface area contributed by atoms with Crippen LogP contribution in [0, 0.1) is 11.3 Å². The van der Waals surface area contributed by atoms with E-state index in [1.54, 1.807) is 7.11 Å². The van der Waals surface area contributed by atoms with Gasteiger partial charge in [0.2, 0.25) is 0 Å². The first-order valence-electron chi connectivity index (χ1n) is 7.59. The summed E-state index contributed by atoms with van der Waals surface area (Å²) in [6.07, 6.45) is 4.23. The van der Waals surface area contributed by atoms with Gasteiger partial charge in [0.1, 0.15) is 5.75 Å². The van der Waals surface area contributed by atoms with Gasteiger partial charge in [-0.3, -0.25) is 0 Å². The van der Waals surface area contributed by atoms with Crippen LogP contribution in [0.2, 0.25) is 0 Å². The largest absolute Gasteiger partial charge is 0.497 e. The van der Waals surface area contributed by atoms with Gasteiger partial charge in [0, 0.05) is 0 Å². The molecule has 2 heteroatoms. The monoisotopic (exact) mass is 291 g/mol. The van der Waals surface area contributed by atoms with Gasteiger partial charge in [-0.1, -0.05) is 61.9 Å². The molecule has 2 aromatic rings. The van der Waals surface area contributed by atoms with Gasteiger partial charge in [0.05, 0.1) is 19.1 Å². The third kappa shape index (κ3) is 3.77. The van der Waals surface area contributed by atoms with E-state index in [4.69, 9.17) is 4.74 Å². The fourth-order valence-corrected chi connectivity index (χ4v) is 2.45. The maximum absolute atomic E-state index is 9.71. The lowest BCUT2D eigenvalue weighted by Gasteiger charge is -2.15. The maximum Gasteiger partial charge on any atom is 0.118 e. The van der Waals surface area contributed by atoms with Crippen molar-refractivity contribution in [2.24, 2.45) is 0 Å². The second kappa shape index (κ2) is 8.05. The van der Waals surface area contributed by atoms with Crippen LogP contribution in [0.4, 0.5) is 0 Å². The highest BCUT2D eigenvalue weighted by Crippen LogP contribution is 2.33. The minimum atomic E-state index is -0.264. The standard InChI is InChI=1S/C20H21NO/c1-3-4-10-19(16-8-6-5-7-9-16)20(15-21)17-11-13-18(22-2)14-12-17/h5-14,20H,3-4H2,1-2H3/b19-10+. The second-order valence-corrected chi connectivity index (χ2v) is 5.15. The molecule has 0 bridgehead atoms. The fourth-order valence-electron chi connectivity index (χ4n) is 2.45. The van der Waals surface area contributed by atoms with Crippen molar-refractivity contribution in [2.75, 3.05) is 7.11 Å². The first-order chi connectivity index (χ1) is 10.8. The summed E-state index contributed by atoms with van der Waals surface area (Å²) in [4.78, 5) is 0. The summed E-state index contributed by atoms with van der Waals surface area (Å²) < 4.78 is 5.20. The highest BCUT2D eigenvalue weighted by Gasteiger charge is 2.17.